The van der Waals surface area contributed by atoms with Crippen LogP contribution in [0.1, 0.15) is 11.3 Å². The molecule has 1 heterocycles. The molecule has 1 aromatic heterocycles. The van der Waals surface area contributed by atoms with Crippen molar-refractivity contribution in [3.05, 3.63) is 22.6 Å². The van der Waals surface area contributed by atoms with Crippen LogP contribution >= 0.6 is 11.6 Å². The van der Waals surface area contributed by atoms with E-state index in [0.717, 1.165) is 17.9 Å². The average Bonchev–Trinajstić information content (AvgIpc) is 2.31. The van der Waals surface area contributed by atoms with Gasteiger partial charge in [0.25, 0.3) is 0 Å². The van der Waals surface area contributed by atoms with Crippen LogP contribution in [0.4, 0.5) is 0 Å². The van der Waals surface area contributed by atoms with Crippen molar-refractivity contribution >= 4 is 11.6 Å². The molecule has 3 nitrogen and oxygen atoms in total. The third kappa shape index (κ3) is 3.03. The highest BCUT2D eigenvalue weighted by Gasteiger charge is 2.08. The summed E-state index contributed by atoms with van der Waals surface area (Å²) >= 11 is 5.90. The SMILES string of the molecule is CNCc1cc(CN(C)C)c(Cl)o1. The van der Waals surface area contributed by atoms with Gasteiger partial charge in [-0.25, -0.2) is 0 Å². The topological polar surface area (TPSA) is 28.4 Å². The van der Waals surface area contributed by atoms with Crippen molar-refractivity contribution in [3.8, 4) is 0 Å². The molecule has 0 aliphatic rings. The van der Waals surface area contributed by atoms with Crippen molar-refractivity contribution < 1.29 is 4.42 Å². The fraction of sp³-hybridized carbons (Fsp3) is 0.556. The number of hydrogen-bond acceptors (Lipinski definition) is 3. The largest absolute Gasteiger partial charge is 0.448 e. The van der Waals surface area contributed by atoms with Gasteiger partial charge in [0.2, 0.25) is 0 Å². The lowest BCUT2D eigenvalue weighted by molar-refractivity contribution is 0.399. The molecule has 74 valence electrons. The number of furan rings is 1. The molecule has 0 fully saturated rings. The fourth-order valence-electron chi connectivity index (χ4n) is 1.17. The number of nitrogens with zero attached hydrogens (tertiary/aromatic N) is 1. The minimum atomic E-state index is 0.499. The van der Waals surface area contributed by atoms with E-state index in [9.17, 15) is 0 Å². The zero-order valence-corrected chi connectivity index (χ0v) is 8.98. The Labute approximate surface area is 83.7 Å². The van der Waals surface area contributed by atoms with Crippen molar-refractivity contribution in [1.82, 2.24) is 10.2 Å². The molecule has 0 radical (unpaired) electrons. The lowest BCUT2D eigenvalue weighted by Gasteiger charge is -2.06. The Balaban J connectivity index is 2.71. The molecule has 1 N–H and O–H groups in total. The van der Waals surface area contributed by atoms with E-state index in [1.165, 1.54) is 0 Å². The molecule has 0 saturated carbocycles. The van der Waals surface area contributed by atoms with Gasteiger partial charge < -0.3 is 14.6 Å². The maximum absolute atomic E-state index is 5.90. The Morgan fingerprint density at radius 3 is 2.77 bits per heavy atom. The molecule has 0 atom stereocenters. The number of nitrogens with one attached hydrogen (secondary N) is 1. The van der Waals surface area contributed by atoms with Crippen molar-refractivity contribution in [2.75, 3.05) is 21.1 Å². The Bertz CT molecular complexity index is 271. The molecule has 0 aliphatic heterocycles. The first-order valence-corrected chi connectivity index (χ1v) is 4.57. The van der Waals surface area contributed by atoms with E-state index >= 15 is 0 Å². The van der Waals surface area contributed by atoms with Gasteiger partial charge in [-0.15, -0.1) is 0 Å². The number of hydrogen-bond donors (Lipinski definition) is 1. The molecular formula is C9H15ClN2O. The molecule has 0 aromatic carbocycles. The Hall–Kier alpha value is -0.510. The van der Waals surface area contributed by atoms with E-state index in [4.69, 9.17) is 16.0 Å². The summed E-state index contributed by atoms with van der Waals surface area (Å²) < 4.78 is 5.33. The number of halogens is 1. The minimum Gasteiger partial charge on any atom is -0.448 e. The van der Waals surface area contributed by atoms with Gasteiger partial charge in [-0.3, -0.25) is 0 Å². The average molecular weight is 203 g/mol. The number of rotatable bonds is 4. The fourth-order valence-corrected chi connectivity index (χ4v) is 1.38. The molecule has 1 aromatic rings. The van der Waals surface area contributed by atoms with E-state index < -0.39 is 0 Å². The molecule has 13 heavy (non-hydrogen) atoms. The highest BCUT2D eigenvalue weighted by atomic mass is 35.5. The highest BCUT2D eigenvalue weighted by molar-refractivity contribution is 6.29. The van der Waals surface area contributed by atoms with Crippen molar-refractivity contribution in [2.24, 2.45) is 0 Å². The highest BCUT2D eigenvalue weighted by Crippen LogP contribution is 2.21. The summed E-state index contributed by atoms with van der Waals surface area (Å²) in [4.78, 5) is 2.06. The van der Waals surface area contributed by atoms with Crippen LogP contribution in [0, 0.1) is 0 Å². The molecule has 0 saturated heterocycles. The summed E-state index contributed by atoms with van der Waals surface area (Å²) in [5, 5.41) is 3.51. The molecule has 0 amide bonds. The standard InChI is InChI=1S/C9H15ClN2O/c1-11-5-8-4-7(6-12(2)3)9(10)13-8/h4,11H,5-6H2,1-3H3. The lowest BCUT2D eigenvalue weighted by Crippen LogP contribution is -2.10. The third-order valence-electron chi connectivity index (χ3n) is 1.65. The van der Waals surface area contributed by atoms with E-state index in [1.807, 2.05) is 27.2 Å². The van der Waals surface area contributed by atoms with Crippen molar-refractivity contribution in [2.45, 2.75) is 13.1 Å². The molecular weight excluding hydrogens is 188 g/mol. The van der Waals surface area contributed by atoms with Crippen LogP contribution in [0.3, 0.4) is 0 Å². The van der Waals surface area contributed by atoms with E-state index in [-0.39, 0.29) is 0 Å². The summed E-state index contributed by atoms with van der Waals surface area (Å²) in [6, 6.07) is 1.98. The Kier molecular flexibility index (Phi) is 3.78. The van der Waals surface area contributed by atoms with Crippen LogP contribution in [-0.2, 0) is 13.1 Å². The quantitative estimate of drug-likeness (QED) is 0.806. The van der Waals surface area contributed by atoms with Gasteiger partial charge >= 0.3 is 0 Å². The van der Waals surface area contributed by atoms with Crippen molar-refractivity contribution in [3.63, 3.8) is 0 Å². The van der Waals surface area contributed by atoms with Crippen LogP contribution in [-0.4, -0.2) is 26.0 Å². The molecule has 0 aliphatic carbocycles. The molecule has 4 heteroatoms. The summed E-state index contributed by atoms with van der Waals surface area (Å²) in [5.41, 5.74) is 1.04. The lowest BCUT2D eigenvalue weighted by atomic mass is 10.3. The van der Waals surface area contributed by atoms with Gasteiger partial charge in [-0.1, -0.05) is 0 Å². The molecule has 0 bridgehead atoms. The second-order valence-corrected chi connectivity index (χ2v) is 3.62. The predicted octanol–water partition coefficient (Wildman–Crippen LogP) is 1.71. The van der Waals surface area contributed by atoms with Crippen LogP contribution in [0.5, 0.6) is 0 Å². The van der Waals surface area contributed by atoms with Gasteiger partial charge in [0.05, 0.1) is 6.54 Å². The van der Waals surface area contributed by atoms with Crippen LogP contribution in [0.2, 0.25) is 5.22 Å². The second-order valence-electron chi connectivity index (χ2n) is 3.28. The molecule has 0 spiro atoms. The van der Waals surface area contributed by atoms with Gasteiger partial charge in [0.15, 0.2) is 5.22 Å². The summed E-state index contributed by atoms with van der Waals surface area (Å²) in [7, 11) is 5.88. The predicted molar refractivity (Wildman–Crippen MR) is 53.9 cm³/mol. The van der Waals surface area contributed by atoms with E-state index in [1.54, 1.807) is 0 Å². The first-order valence-electron chi connectivity index (χ1n) is 4.20. The Morgan fingerprint density at radius 1 is 1.54 bits per heavy atom. The van der Waals surface area contributed by atoms with Crippen LogP contribution in [0.25, 0.3) is 0 Å². The third-order valence-corrected chi connectivity index (χ3v) is 1.97. The van der Waals surface area contributed by atoms with Crippen LogP contribution < -0.4 is 5.32 Å². The maximum atomic E-state index is 5.90. The zero-order valence-electron chi connectivity index (χ0n) is 8.22. The van der Waals surface area contributed by atoms with E-state index in [2.05, 4.69) is 10.2 Å². The second kappa shape index (κ2) is 4.65. The summed E-state index contributed by atoms with van der Waals surface area (Å²) in [5.74, 6) is 0.879. The van der Waals surface area contributed by atoms with Gasteiger partial charge in [-0.2, -0.15) is 0 Å². The first-order chi connectivity index (χ1) is 6.13. The molecule has 1 rings (SSSR count). The Morgan fingerprint density at radius 2 is 2.23 bits per heavy atom. The van der Waals surface area contributed by atoms with Gasteiger partial charge in [0.1, 0.15) is 5.76 Å². The zero-order chi connectivity index (χ0) is 9.84. The maximum Gasteiger partial charge on any atom is 0.197 e. The van der Waals surface area contributed by atoms with Crippen molar-refractivity contribution in [1.29, 1.82) is 0 Å². The summed E-state index contributed by atoms with van der Waals surface area (Å²) in [6.07, 6.45) is 0. The van der Waals surface area contributed by atoms with Gasteiger partial charge in [0, 0.05) is 12.1 Å². The van der Waals surface area contributed by atoms with Crippen LogP contribution in [0.15, 0.2) is 10.5 Å². The first kappa shape index (κ1) is 10.6. The van der Waals surface area contributed by atoms with E-state index in [0.29, 0.717) is 11.8 Å². The normalized spacial score (nSPS) is 11.2. The monoisotopic (exact) mass is 202 g/mol. The van der Waals surface area contributed by atoms with Gasteiger partial charge in [-0.05, 0) is 38.8 Å². The molecule has 0 unspecified atom stereocenters. The summed E-state index contributed by atoms with van der Waals surface area (Å²) in [6.45, 7) is 1.53. The smallest absolute Gasteiger partial charge is 0.197 e. The minimum absolute atomic E-state index is 0.499.